The Hall–Kier alpha value is -4.74. The van der Waals surface area contributed by atoms with E-state index >= 15 is 0 Å². The van der Waals surface area contributed by atoms with Gasteiger partial charge in [0.1, 0.15) is 6.61 Å². The number of aryl methyl sites for hydroxylation is 2. The number of amides is 1. The third-order valence-electron chi connectivity index (χ3n) is 4.87. The summed E-state index contributed by atoms with van der Waals surface area (Å²) in [7, 11) is 0. The summed E-state index contributed by atoms with van der Waals surface area (Å²) >= 11 is 0. The van der Waals surface area contributed by atoms with Crippen LogP contribution in [0.1, 0.15) is 39.8 Å². The van der Waals surface area contributed by atoms with Gasteiger partial charge in [0.2, 0.25) is 11.6 Å². The molecule has 4 aromatic rings. The second kappa shape index (κ2) is 10.5. The van der Waals surface area contributed by atoms with Crippen molar-refractivity contribution in [1.82, 2.24) is 30.7 Å². The van der Waals surface area contributed by atoms with E-state index in [1.54, 1.807) is 19.1 Å². The number of carbonyl (C=O) groups is 1. The van der Waals surface area contributed by atoms with Gasteiger partial charge in [-0.05, 0) is 60.4 Å². The number of carbonyl (C=O) groups excluding carboxylic acids is 1. The Labute approximate surface area is 200 Å². The molecule has 2 heterocycles. The molecule has 0 unspecified atom stereocenters. The minimum atomic E-state index is -0.561. The predicted octanol–water partition coefficient (Wildman–Crippen LogP) is 2.59. The average molecular weight is 476 g/mol. The molecule has 2 aromatic heterocycles. The van der Waals surface area contributed by atoms with E-state index in [9.17, 15) is 4.79 Å². The second-order valence-corrected chi connectivity index (χ2v) is 7.52. The molecule has 0 spiro atoms. The van der Waals surface area contributed by atoms with Crippen molar-refractivity contribution in [2.24, 2.45) is 5.10 Å². The molecule has 0 radical (unpaired) electrons. The number of aromatic nitrogens is 5. The number of nitrogens with one attached hydrogen (secondary N) is 1. The number of nitrogen functional groups attached to an aromatic ring is 1. The fourth-order valence-corrected chi connectivity index (χ4v) is 3.28. The van der Waals surface area contributed by atoms with Crippen molar-refractivity contribution < 1.29 is 18.9 Å². The zero-order valence-electron chi connectivity index (χ0n) is 19.4. The maximum absolute atomic E-state index is 12.7. The number of hydrazone groups is 1. The van der Waals surface area contributed by atoms with Crippen molar-refractivity contribution in [2.45, 2.75) is 27.4 Å². The molecular formula is C23H24N8O4. The van der Waals surface area contributed by atoms with Crippen molar-refractivity contribution in [3.05, 3.63) is 70.5 Å². The van der Waals surface area contributed by atoms with Crippen molar-refractivity contribution in [3.8, 4) is 17.3 Å². The smallest absolute Gasteiger partial charge is 0.292 e. The lowest BCUT2D eigenvalue weighted by molar-refractivity contribution is 0.0946. The van der Waals surface area contributed by atoms with E-state index in [2.05, 4.69) is 41.8 Å². The molecule has 2 aromatic carbocycles. The molecule has 3 N–H and O–H groups in total. The van der Waals surface area contributed by atoms with Gasteiger partial charge in [0, 0.05) is 0 Å². The third kappa shape index (κ3) is 5.43. The van der Waals surface area contributed by atoms with E-state index in [1.165, 1.54) is 11.8 Å². The summed E-state index contributed by atoms with van der Waals surface area (Å²) in [5.74, 6) is 0.652. The van der Waals surface area contributed by atoms with Gasteiger partial charge in [-0.15, -0.1) is 5.10 Å². The highest BCUT2D eigenvalue weighted by molar-refractivity contribution is 5.94. The van der Waals surface area contributed by atoms with Crippen LogP contribution < -0.4 is 20.6 Å². The van der Waals surface area contributed by atoms with Crippen LogP contribution in [0.3, 0.4) is 0 Å². The highest BCUT2D eigenvalue weighted by Gasteiger charge is 2.22. The van der Waals surface area contributed by atoms with Crippen LogP contribution in [-0.2, 0) is 6.61 Å². The molecule has 0 aliphatic carbocycles. The molecule has 0 atom stereocenters. The normalized spacial score (nSPS) is 11.1. The van der Waals surface area contributed by atoms with Gasteiger partial charge in [0.15, 0.2) is 17.2 Å². The summed E-state index contributed by atoms with van der Waals surface area (Å²) in [5, 5.41) is 18.9. The first-order valence-electron chi connectivity index (χ1n) is 10.8. The standard InChI is InChI=1S/C23H24N8O4/c1-4-33-19-11-16(8-9-18(19)34-13-17-7-5-6-14(2)10-17)12-25-27-23(32)20-15(3)26-30-31(20)22-21(24)28-35-29-22/h5-12H,4,13H2,1-3H3,(H2,24,28)(H,27,32)/b25-12-. The highest BCUT2D eigenvalue weighted by Crippen LogP contribution is 2.29. The molecule has 4 rings (SSSR count). The Morgan fingerprint density at radius 1 is 1.17 bits per heavy atom. The fraction of sp³-hybridized carbons (Fsp3) is 0.217. The Morgan fingerprint density at radius 2 is 2.03 bits per heavy atom. The van der Waals surface area contributed by atoms with Crippen LogP contribution in [0.5, 0.6) is 11.5 Å². The molecular weight excluding hydrogens is 452 g/mol. The summed E-state index contributed by atoms with van der Waals surface area (Å²) in [5.41, 5.74) is 11.5. The zero-order chi connectivity index (χ0) is 24.8. The van der Waals surface area contributed by atoms with Crippen LogP contribution in [0.2, 0.25) is 0 Å². The molecule has 1 amide bonds. The number of ether oxygens (including phenoxy) is 2. The zero-order valence-corrected chi connectivity index (χ0v) is 19.4. The number of anilines is 1. The Morgan fingerprint density at radius 3 is 2.77 bits per heavy atom. The van der Waals surface area contributed by atoms with Gasteiger partial charge in [-0.1, -0.05) is 35.0 Å². The van der Waals surface area contributed by atoms with Crippen molar-refractivity contribution in [1.29, 1.82) is 0 Å². The van der Waals surface area contributed by atoms with Crippen LogP contribution >= 0.6 is 0 Å². The molecule has 0 aliphatic rings. The quantitative estimate of drug-likeness (QED) is 0.274. The predicted molar refractivity (Wildman–Crippen MR) is 127 cm³/mol. The Bertz CT molecular complexity index is 1360. The minimum absolute atomic E-state index is 0.0272. The molecule has 180 valence electrons. The van der Waals surface area contributed by atoms with Gasteiger partial charge >= 0.3 is 0 Å². The Balaban J connectivity index is 1.46. The first kappa shape index (κ1) is 23.4. The molecule has 0 fully saturated rings. The van der Waals surface area contributed by atoms with E-state index in [-0.39, 0.29) is 17.3 Å². The summed E-state index contributed by atoms with van der Waals surface area (Å²) in [4.78, 5) is 12.7. The van der Waals surface area contributed by atoms with E-state index in [0.29, 0.717) is 36.0 Å². The first-order chi connectivity index (χ1) is 17.0. The number of nitrogens with zero attached hydrogens (tertiary/aromatic N) is 6. The lowest BCUT2D eigenvalue weighted by atomic mass is 10.1. The van der Waals surface area contributed by atoms with Crippen molar-refractivity contribution in [2.75, 3.05) is 12.3 Å². The van der Waals surface area contributed by atoms with Gasteiger partial charge in [-0.3, -0.25) is 4.79 Å². The number of hydrogen-bond donors (Lipinski definition) is 2. The van der Waals surface area contributed by atoms with Crippen LogP contribution in [0.4, 0.5) is 5.82 Å². The van der Waals surface area contributed by atoms with E-state index in [1.807, 2.05) is 38.1 Å². The van der Waals surface area contributed by atoms with Gasteiger partial charge < -0.3 is 15.2 Å². The second-order valence-electron chi connectivity index (χ2n) is 7.52. The molecule has 12 heteroatoms. The van der Waals surface area contributed by atoms with Crippen LogP contribution in [-0.4, -0.2) is 44.0 Å². The molecule has 0 saturated carbocycles. The molecule has 35 heavy (non-hydrogen) atoms. The van der Waals surface area contributed by atoms with Crippen molar-refractivity contribution >= 4 is 17.9 Å². The molecule has 0 bridgehead atoms. The topological polar surface area (TPSA) is 156 Å². The first-order valence-corrected chi connectivity index (χ1v) is 10.8. The minimum Gasteiger partial charge on any atom is -0.490 e. The van der Waals surface area contributed by atoms with E-state index in [4.69, 9.17) is 15.2 Å². The number of rotatable bonds is 9. The van der Waals surface area contributed by atoms with Crippen LogP contribution in [0.15, 0.2) is 52.2 Å². The lowest BCUT2D eigenvalue weighted by Gasteiger charge is -2.13. The number of nitrogens with two attached hydrogens (primary N) is 1. The number of benzene rings is 2. The summed E-state index contributed by atoms with van der Waals surface area (Å²) in [6.45, 7) is 6.43. The van der Waals surface area contributed by atoms with Gasteiger partial charge in [-0.25, -0.2) is 10.1 Å². The average Bonchev–Trinajstić information content (AvgIpc) is 3.43. The highest BCUT2D eigenvalue weighted by atomic mass is 16.6. The van der Waals surface area contributed by atoms with E-state index < -0.39 is 5.91 Å². The monoisotopic (exact) mass is 476 g/mol. The van der Waals surface area contributed by atoms with Crippen LogP contribution in [0, 0.1) is 13.8 Å². The summed E-state index contributed by atoms with van der Waals surface area (Å²) in [6, 6.07) is 13.5. The lowest BCUT2D eigenvalue weighted by Crippen LogP contribution is -2.22. The summed E-state index contributed by atoms with van der Waals surface area (Å²) in [6.07, 6.45) is 1.49. The van der Waals surface area contributed by atoms with Crippen molar-refractivity contribution in [3.63, 3.8) is 0 Å². The molecule has 12 nitrogen and oxygen atoms in total. The van der Waals surface area contributed by atoms with E-state index in [0.717, 1.165) is 10.2 Å². The summed E-state index contributed by atoms with van der Waals surface area (Å²) < 4.78 is 17.4. The largest absolute Gasteiger partial charge is 0.490 e. The SMILES string of the molecule is CCOc1cc(/C=N\NC(=O)c2c(C)nnn2-c2nonc2N)ccc1OCc1cccc(C)c1. The number of hydrogen-bond acceptors (Lipinski definition) is 10. The van der Waals surface area contributed by atoms with Gasteiger partial charge in [-0.2, -0.15) is 9.78 Å². The fourth-order valence-electron chi connectivity index (χ4n) is 3.28. The van der Waals surface area contributed by atoms with Gasteiger partial charge in [0.25, 0.3) is 5.91 Å². The molecule has 0 saturated heterocycles. The maximum Gasteiger partial charge on any atom is 0.292 e. The van der Waals surface area contributed by atoms with Crippen LogP contribution in [0.25, 0.3) is 5.82 Å². The van der Waals surface area contributed by atoms with Gasteiger partial charge in [0.05, 0.1) is 18.5 Å². The third-order valence-corrected chi connectivity index (χ3v) is 4.87. The maximum atomic E-state index is 12.7. The Kier molecular flexibility index (Phi) is 7.00. The molecule has 0 aliphatic heterocycles.